The third-order valence-corrected chi connectivity index (χ3v) is 3.47. The fourth-order valence-corrected chi connectivity index (χ4v) is 2.43. The van der Waals surface area contributed by atoms with Gasteiger partial charge >= 0.3 is 0 Å². The second-order valence-corrected chi connectivity index (χ2v) is 4.67. The van der Waals surface area contributed by atoms with Crippen molar-refractivity contribution in [3.63, 3.8) is 0 Å². The minimum absolute atomic E-state index is 0.227. The second kappa shape index (κ2) is 5.87. The van der Waals surface area contributed by atoms with Crippen LogP contribution in [0.25, 0.3) is 10.8 Å². The summed E-state index contributed by atoms with van der Waals surface area (Å²) in [5, 5.41) is 10.5. The summed E-state index contributed by atoms with van der Waals surface area (Å²) in [5.41, 5.74) is 4.63. The van der Waals surface area contributed by atoms with Gasteiger partial charge in [-0.2, -0.15) is 0 Å². The Bertz CT molecular complexity index is 737. The highest BCUT2D eigenvalue weighted by Crippen LogP contribution is 2.27. The van der Waals surface area contributed by atoms with Crippen LogP contribution in [0.3, 0.4) is 0 Å². The summed E-state index contributed by atoms with van der Waals surface area (Å²) in [7, 11) is 1.56. The van der Waals surface area contributed by atoms with Crippen molar-refractivity contribution in [3.8, 4) is 5.88 Å². The fourth-order valence-electron chi connectivity index (χ4n) is 2.43. The molecule has 3 rings (SSSR count). The molecule has 3 N–H and O–H groups in total. The van der Waals surface area contributed by atoms with Gasteiger partial charge in [-0.25, -0.2) is 5.43 Å². The fraction of sp³-hybridized carbons (Fsp3) is 0.125. The first-order valence-electron chi connectivity index (χ1n) is 6.65. The van der Waals surface area contributed by atoms with Crippen molar-refractivity contribution in [1.29, 1.82) is 0 Å². The monoisotopic (exact) mass is 280 g/mol. The van der Waals surface area contributed by atoms with Crippen molar-refractivity contribution in [1.82, 2.24) is 15.6 Å². The zero-order chi connectivity index (χ0) is 14.7. The molecule has 0 saturated heterocycles. The number of methoxy groups -OCH3 is 1. The molecule has 0 aliphatic heterocycles. The number of rotatable bonds is 4. The quantitative estimate of drug-likeness (QED) is 0.566. The maximum atomic E-state index is 5.75. The first kappa shape index (κ1) is 13.5. The minimum atomic E-state index is -0.227. The molecular formula is C16H16N4O. The molecule has 0 amide bonds. The first-order chi connectivity index (χ1) is 10.3. The number of ether oxygens (including phenoxy) is 1. The zero-order valence-electron chi connectivity index (χ0n) is 11.7. The number of benzene rings is 2. The van der Waals surface area contributed by atoms with Gasteiger partial charge in [0, 0.05) is 6.07 Å². The Morgan fingerprint density at radius 1 is 1.00 bits per heavy atom. The van der Waals surface area contributed by atoms with Crippen LogP contribution >= 0.6 is 0 Å². The van der Waals surface area contributed by atoms with Gasteiger partial charge in [0.25, 0.3) is 0 Å². The molecule has 0 bridgehead atoms. The average Bonchev–Trinajstić information content (AvgIpc) is 2.56. The van der Waals surface area contributed by atoms with E-state index in [1.807, 2.05) is 30.3 Å². The number of hydrazine groups is 1. The normalized spacial score (nSPS) is 12.3. The Hall–Kier alpha value is -2.50. The molecule has 1 unspecified atom stereocenters. The summed E-state index contributed by atoms with van der Waals surface area (Å²) in [4.78, 5) is 0. The number of nitrogens with one attached hydrogen (secondary N) is 1. The smallest absolute Gasteiger partial charge is 0.233 e. The molecule has 5 heteroatoms. The summed E-state index contributed by atoms with van der Waals surface area (Å²) >= 11 is 0. The lowest BCUT2D eigenvalue weighted by atomic mass is 9.97. The van der Waals surface area contributed by atoms with E-state index in [-0.39, 0.29) is 6.04 Å². The van der Waals surface area contributed by atoms with E-state index in [2.05, 4.69) is 33.8 Å². The van der Waals surface area contributed by atoms with Gasteiger partial charge in [-0.15, -0.1) is 10.2 Å². The van der Waals surface area contributed by atoms with Gasteiger partial charge < -0.3 is 4.74 Å². The highest BCUT2D eigenvalue weighted by molar-refractivity contribution is 5.86. The molecule has 0 spiro atoms. The molecule has 21 heavy (non-hydrogen) atoms. The van der Waals surface area contributed by atoms with Gasteiger partial charge in [0.2, 0.25) is 5.88 Å². The number of nitrogens with zero attached hydrogens (tertiary/aromatic N) is 2. The lowest BCUT2D eigenvalue weighted by Gasteiger charge is -2.17. The van der Waals surface area contributed by atoms with E-state index in [1.54, 1.807) is 13.2 Å². The van der Waals surface area contributed by atoms with Crippen LogP contribution in [0.5, 0.6) is 5.88 Å². The molecule has 5 nitrogen and oxygen atoms in total. The lowest BCUT2D eigenvalue weighted by Crippen LogP contribution is -2.29. The molecule has 0 aliphatic rings. The van der Waals surface area contributed by atoms with Crippen LogP contribution < -0.4 is 16.0 Å². The molecule has 0 aliphatic carbocycles. The predicted molar refractivity (Wildman–Crippen MR) is 81.7 cm³/mol. The Kier molecular flexibility index (Phi) is 3.77. The highest BCUT2D eigenvalue weighted by Gasteiger charge is 2.17. The molecule has 0 saturated carbocycles. The Morgan fingerprint density at radius 3 is 2.52 bits per heavy atom. The van der Waals surface area contributed by atoms with Gasteiger partial charge in [0.1, 0.15) is 0 Å². The van der Waals surface area contributed by atoms with Crippen molar-refractivity contribution in [2.75, 3.05) is 7.11 Å². The van der Waals surface area contributed by atoms with Crippen LogP contribution in [0.1, 0.15) is 17.3 Å². The van der Waals surface area contributed by atoms with Gasteiger partial charge in [-0.1, -0.05) is 42.5 Å². The first-order valence-corrected chi connectivity index (χ1v) is 6.65. The van der Waals surface area contributed by atoms with Crippen LogP contribution in [0.2, 0.25) is 0 Å². The van der Waals surface area contributed by atoms with Crippen LogP contribution in [-0.4, -0.2) is 17.3 Å². The van der Waals surface area contributed by atoms with E-state index in [1.165, 1.54) is 0 Å². The second-order valence-electron chi connectivity index (χ2n) is 4.67. The molecular weight excluding hydrogens is 264 g/mol. The lowest BCUT2D eigenvalue weighted by molar-refractivity contribution is 0.390. The van der Waals surface area contributed by atoms with Gasteiger partial charge in [0.15, 0.2) is 0 Å². The highest BCUT2D eigenvalue weighted by atomic mass is 16.5. The van der Waals surface area contributed by atoms with Crippen LogP contribution in [-0.2, 0) is 0 Å². The standard InChI is InChI=1S/C16H16N4O/c1-21-15-10-9-14(19-20-15)16(18-17)13-8-4-6-11-5-2-3-7-12(11)13/h2-10,16,18H,17H2,1H3. The predicted octanol–water partition coefficient (Wildman–Crippen LogP) is 2.19. The van der Waals surface area contributed by atoms with Crippen molar-refractivity contribution in [2.45, 2.75) is 6.04 Å². The number of hydrogen-bond donors (Lipinski definition) is 2. The Balaban J connectivity index is 2.09. The third-order valence-electron chi connectivity index (χ3n) is 3.47. The zero-order valence-corrected chi connectivity index (χ0v) is 11.7. The maximum absolute atomic E-state index is 5.75. The largest absolute Gasteiger partial charge is 0.480 e. The third kappa shape index (κ3) is 2.56. The van der Waals surface area contributed by atoms with Crippen molar-refractivity contribution < 1.29 is 4.74 Å². The van der Waals surface area contributed by atoms with Crippen molar-refractivity contribution in [2.24, 2.45) is 5.84 Å². The van der Waals surface area contributed by atoms with Crippen LogP contribution in [0, 0.1) is 0 Å². The summed E-state index contributed by atoms with van der Waals surface area (Å²) in [6.45, 7) is 0. The van der Waals surface area contributed by atoms with Crippen molar-refractivity contribution >= 4 is 10.8 Å². The summed E-state index contributed by atoms with van der Waals surface area (Å²) in [5.74, 6) is 6.23. The van der Waals surface area contributed by atoms with E-state index in [9.17, 15) is 0 Å². The van der Waals surface area contributed by atoms with Crippen LogP contribution in [0.4, 0.5) is 0 Å². The summed E-state index contributed by atoms with van der Waals surface area (Å²) < 4.78 is 5.03. The SMILES string of the molecule is COc1ccc(C(NN)c2cccc3ccccc23)nn1. The maximum Gasteiger partial charge on any atom is 0.233 e. The number of nitrogens with two attached hydrogens (primary N) is 1. The van der Waals surface area contributed by atoms with Gasteiger partial charge in [-0.3, -0.25) is 5.84 Å². The van der Waals surface area contributed by atoms with E-state index in [0.717, 1.165) is 22.0 Å². The van der Waals surface area contributed by atoms with E-state index >= 15 is 0 Å². The van der Waals surface area contributed by atoms with E-state index in [0.29, 0.717) is 5.88 Å². The molecule has 0 radical (unpaired) electrons. The van der Waals surface area contributed by atoms with E-state index < -0.39 is 0 Å². The van der Waals surface area contributed by atoms with Crippen LogP contribution in [0.15, 0.2) is 54.6 Å². The number of hydrogen-bond acceptors (Lipinski definition) is 5. The molecule has 3 aromatic rings. The molecule has 1 aromatic heterocycles. The minimum Gasteiger partial charge on any atom is -0.480 e. The van der Waals surface area contributed by atoms with Crippen molar-refractivity contribution in [3.05, 3.63) is 65.9 Å². The molecule has 1 atom stereocenters. The Labute approximate surface area is 122 Å². The van der Waals surface area contributed by atoms with E-state index in [4.69, 9.17) is 10.6 Å². The summed E-state index contributed by atoms with van der Waals surface area (Å²) in [6, 6.07) is 17.7. The number of aromatic nitrogens is 2. The van der Waals surface area contributed by atoms with Gasteiger partial charge in [0.05, 0.1) is 18.8 Å². The topological polar surface area (TPSA) is 73.1 Å². The molecule has 0 fully saturated rings. The Morgan fingerprint density at radius 2 is 1.81 bits per heavy atom. The molecule has 1 heterocycles. The average molecular weight is 280 g/mol. The van der Waals surface area contributed by atoms with Gasteiger partial charge in [-0.05, 0) is 22.4 Å². The molecule has 2 aromatic carbocycles. The molecule has 106 valence electrons. The number of fused-ring (bicyclic) bond motifs is 1. The summed E-state index contributed by atoms with van der Waals surface area (Å²) in [6.07, 6.45) is 0.